The fourth-order valence-electron chi connectivity index (χ4n) is 2.39. The number of benzene rings is 2. The third kappa shape index (κ3) is 3.19. The van der Waals surface area contributed by atoms with Crippen molar-refractivity contribution in [3.8, 4) is 5.75 Å². The molecule has 3 rings (SSSR count). The van der Waals surface area contributed by atoms with Crippen LogP contribution in [-0.4, -0.2) is 20.5 Å². The van der Waals surface area contributed by atoms with Crippen LogP contribution >= 0.6 is 0 Å². The molecule has 0 aliphatic rings. The average Bonchev–Trinajstić information content (AvgIpc) is 2.92. The molecular weight excluding hydrogens is 332 g/mol. The molecule has 7 nitrogen and oxygen atoms in total. The summed E-state index contributed by atoms with van der Waals surface area (Å²) >= 11 is 0. The van der Waals surface area contributed by atoms with Crippen LogP contribution in [0.1, 0.15) is 11.1 Å². The molecule has 2 aromatic carbocycles. The number of hydrogen-bond donors (Lipinski definition) is 2. The zero-order valence-electron chi connectivity index (χ0n) is 13.1. The van der Waals surface area contributed by atoms with Crippen LogP contribution in [0.2, 0.25) is 0 Å². The van der Waals surface area contributed by atoms with Crippen LogP contribution < -0.4 is 15.2 Å². The molecule has 0 spiro atoms. The Morgan fingerprint density at radius 3 is 2.75 bits per heavy atom. The number of methoxy groups -OCH3 is 1. The second kappa shape index (κ2) is 6.14. The van der Waals surface area contributed by atoms with Crippen molar-refractivity contribution in [2.75, 3.05) is 7.11 Å². The van der Waals surface area contributed by atoms with Crippen LogP contribution in [0.15, 0.2) is 50.5 Å². The van der Waals surface area contributed by atoms with E-state index in [2.05, 4.69) is 9.71 Å². The number of hydrogen-bond acceptors (Lipinski definition) is 5. The van der Waals surface area contributed by atoms with Gasteiger partial charge in [0, 0.05) is 18.2 Å². The minimum Gasteiger partial charge on any atom is -0.496 e. The molecule has 0 aliphatic heterocycles. The SMILES string of the molecule is COc1ccc(C)cc1CNS(=O)(=O)c1ccc2[nH]c(=O)oc2c1. The molecular formula is C16H16N2O5S. The Hall–Kier alpha value is -2.58. The van der Waals surface area contributed by atoms with Gasteiger partial charge in [-0.15, -0.1) is 0 Å². The molecule has 8 heteroatoms. The van der Waals surface area contributed by atoms with E-state index in [-0.39, 0.29) is 17.0 Å². The highest BCUT2D eigenvalue weighted by Crippen LogP contribution is 2.21. The number of rotatable bonds is 5. The van der Waals surface area contributed by atoms with Gasteiger partial charge in [-0.25, -0.2) is 17.9 Å². The largest absolute Gasteiger partial charge is 0.496 e. The Balaban J connectivity index is 1.87. The molecule has 0 saturated carbocycles. The second-order valence-electron chi connectivity index (χ2n) is 5.31. The van der Waals surface area contributed by atoms with Gasteiger partial charge in [0.1, 0.15) is 5.75 Å². The van der Waals surface area contributed by atoms with E-state index < -0.39 is 15.8 Å². The number of oxazole rings is 1. The fraction of sp³-hybridized carbons (Fsp3) is 0.188. The van der Waals surface area contributed by atoms with E-state index in [4.69, 9.17) is 9.15 Å². The standard InChI is InChI=1S/C16H16N2O5S/c1-10-3-6-14(22-2)11(7-10)9-17-24(20,21)12-4-5-13-15(8-12)23-16(19)18-13/h3-8,17H,9H2,1-2H3,(H,18,19). The molecule has 0 saturated heterocycles. The third-order valence-corrected chi connectivity index (χ3v) is 4.99. The zero-order valence-corrected chi connectivity index (χ0v) is 13.9. The molecule has 0 aliphatic carbocycles. The highest BCUT2D eigenvalue weighted by Gasteiger charge is 2.16. The Morgan fingerprint density at radius 2 is 2.00 bits per heavy atom. The summed E-state index contributed by atoms with van der Waals surface area (Å²) < 4.78 is 37.6. The monoisotopic (exact) mass is 348 g/mol. The first-order chi connectivity index (χ1) is 11.4. The number of aryl methyl sites for hydroxylation is 1. The van der Waals surface area contributed by atoms with Gasteiger partial charge in [0.05, 0.1) is 17.5 Å². The fourth-order valence-corrected chi connectivity index (χ4v) is 3.42. The highest BCUT2D eigenvalue weighted by molar-refractivity contribution is 7.89. The zero-order chi connectivity index (χ0) is 17.3. The normalized spacial score (nSPS) is 11.8. The Labute approximate surface area is 138 Å². The van der Waals surface area contributed by atoms with Crippen LogP contribution in [0.5, 0.6) is 5.75 Å². The van der Waals surface area contributed by atoms with E-state index in [1.165, 1.54) is 25.3 Å². The van der Waals surface area contributed by atoms with Crippen LogP contribution in [0.4, 0.5) is 0 Å². The Kier molecular flexibility index (Phi) is 4.16. The van der Waals surface area contributed by atoms with Gasteiger partial charge in [0.15, 0.2) is 5.58 Å². The van der Waals surface area contributed by atoms with Crippen molar-refractivity contribution in [1.82, 2.24) is 9.71 Å². The second-order valence-corrected chi connectivity index (χ2v) is 7.08. The number of H-pyrrole nitrogens is 1. The summed E-state index contributed by atoms with van der Waals surface area (Å²) in [5, 5.41) is 0. The summed E-state index contributed by atoms with van der Waals surface area (Å²) in [6.07, 6.45) is 0. The minimum atomic E-state index is -3.76. The smallest absolute Gasteiger partial charge is 0.417 e. The van der Waals surface area contributed by atoms with Crippen LogP contribution in [0.3, 0.4) is 0 Å². The lowest BCUT2D eigenvalue weighted by molar-refractivity contribution is 0.409. The average molecular weight is 348 g/mol. The lowest BCUT2D eigenvalue weighted by Gasteiger charge is -2.11. The molecule has 1 heterocycles. The Morgan fingerprint density at radius 1 is 1.21 bits per heavy atom. The molecule has 0 radical (unpaired) electrons. The molecule has 3 aromatic rings. The molecule has 2 N–H and O–H groups in total. The van der Waals surface area contributed by atoms with Crippen molar-refractivity contribution < 1.29 is 17.6 Å². The molecule has 24 heavy (non-hydrogen) atoms. The number of ether oxygens (including phenoxy) is 1. The summed E-state index contributed by atoms with van der Waals surface area (Å²) in [4.78, 5) is 13.6. The van der Waals surface area contributed by atoms with E-state index in [1.807, 2.05) is 19.1 Å². The molecule has 0 fully saturated rings. The van der Waals surface area contributed by atoms with Crippen molar-refractivity contribution >= 4 is 21.1 Å². The number of fused-ring (bicyclic) bond motifs is 1. The summed E-state index contributed by atoms with van der Waals surface area (Å²) in [5.41, 5.74) is 2.37. The van der Waals surface area contributed by atoms with Crippen LogP contribution in [-0.2, 0) is 16.6 Å². The molecule has 0 amide bonds. The first kappa shape index (κ1) is 16.3. The van der Waals surface area contributed by atoms with Crippen LogP contribution in [0.25, 0.3) is 11.1 Å². The molecule has 0 atom stereocenters. The van der Waals surface area contributed by atoms with Crippen LogP contribution in [0, 0.1) is 6.92 Å². The third-order valence-electron chi connectivity index (χ3n) is 3.59. The van der Waals surface area contributed by atoms with Gasteiger partial charge in [0.25, 0.3) is 0 Å². The van der Waals surface area contributed by atoms with E-state index in [0.717, 1.165) is 11.1 Å². The number of sulfonamides is 1. The lowest BCUT2D eigenvalue weighted by atomic mass is 10.1. The lowest BCUT2D eigenvalue weighted by Crippen LogP contribution is -2.23. The van der Waals surface area contributed by atoms with Gasteiger partial charge in [-0.1, -0.05) is 17.7 Å². The van der Waals surface area contributed by atoms with E-state index in [9.17, 15) is 13.2 Å². The topological polar surface area (TPSA) is 101 Å². The van der Waals surface area contributed by atoms with Gasteiger partial charge in [-0.05, 0) is 25.1 Å². The minimum absolute atomic E-state index is 0.0179. The predicted octanol–water partition coefficient (Wildman–Crippen LogP) is 1.92. The summed E-state index contributed by atoms with van der Waals surface area (Å²) in [7, 11) is -2.23. The molecule has 0 unspecified atom stereocenters. The first-order valence-electron chi connectivity index (χ1n) is 7.15. The van der Waals surface area contributed by atoms with Gasteiger partial charge >= 0.3 is 5.76 Å². The molecule has 0 bridgehead atoms. The van der Waals surface area contributed by atoms with Gasteiger partial charge < -0.3 is 9.15 Å². The van der Waals surface area contributed by atoms with Crippen molar-refractivity contribution in [2.45, 2.75) is 18.4 Å². The maximum atomic E-state index is 12.5. The molecule has 1 aromatic heterocycles. The van der Waals surface area contributed by atoms with Gasteiger partial charge in [-0.2, -0.15) is 0 Å². The highest BCUT2D eigenvalue weighted by atomic mass is 32.2. The maximum absolute atomic E-state index is 12.5. The van der Waals surface area contributed by atoms with Gasteiger partial charge in [-0.3, -0.25) is 4.98 Å². The van der Waals surface area contributed by atoms with E-state index >= 15 is 0 Å². The quantitative estimate of drug-likeness (QED) is 0.733. The first-order valence-corrected chi connectivity index (χ1v) is 8.63. The maximum Gasteiger partial charge on any atom is 0.417 e. The number of aromatic amines is 1. The predicted molar refractivity (Wildman–Crippen MR) is 88.6 cm³/mol. The van der Waals surface area contributed by atoms with Crippen molar-refractivity contribution in [3.05, 3.63) is 58.1 Å². The van der Waals surface area contributed by atoms with Crippen molar-refractivity contribution in [2.24, 2.45) is 0 Å². The van der Waals surface area contributed by atoms with Crippen molar-refractivity contribution in [3.63, 3.8) is 0 Å². The van der Waals surface area contributed by atoms with Crippen molar-refractivity contribution in [1.29, 1.82) is 0 Å². The van der Waals surface area contributed by atoms with Gasteiger partial charge in [0.2, 0.25) is 10.0 Å². The molecule has 126 valence electrons. The summed E-state index contributed by atoms with van der Waals surface area (Å²) in [6.45, 7) is 2.00. The number of nitrogens with one attached hydrogen (secondary N) is 2. The summed E-state index contributed by atoms with van der Waals surface area (Å²) in [6, 6.07) is 9.74. The van der Waals surface area contributed by atoms with E-state index in [0.29, 0.717) is 11.3 Å². The summed E-state index contributed by atoms with van der Waals surface area (Å²) in [5.74, 6) is -0.0209. The number of aromatic nitrogens is 1. The Bertz CT molecular complexity index is 1050. The van der Waals surface area contributed by atoms with E-state index in [1.54, 1.807) is 6.07 Å².